The van der Waals surface area contributed by atoms with Crippen LogP contribution in [0.3, 0.4) is 0 Å². The van der Waals surface area contributed by atoms with Crippen molar-refractivity contribution in [1.29, 1.82) is 5.26 Å². The summed E-state index contributed by atoms with van der Waals surface area (Å²) in [7, 11) is 0. The van der Waals surface area contributed by atoms with E-state index in [0.29, 0.717) is 12.1 Å². The molecule has 0 radical (unpaired) electrons. The molecule has 0 bridgehead atoms. The molecule has 2 rings (SSSR count). The second-order valence-corrected chi connectivity index (χ2v) is 5.81. The summed E-state index contributed by atoms with van der Waals surface area (Å²) in [6.07, 6.45) is 0. The molecule has 0 saturated heterocycles. The van der Waals surface area contributed by atoms with E-state index >= 15 is 0 Å². The van der Waals surface area contributed by atoms with Crippen LogP contribution >= 0.6 is 0 Å². The summed E-state index contributed by atoms with van der Waals surface area (Å²) in [6, 6.07) is 16.4. The number of halogens is 1. The van der Waals surface area contributed by atoms with Crippen LogP contribution in [0.2, 0.25) is 0 Å². The predicted molar refractivity (Wildman–Crippen MR) is 82.3 cm³/mol. The molecule has 3 heteroatoms. The zero-order valence-corrected chi connectivity index (χ0v) is 12.4. The fraction of sp³-hybridized carbons (Fsp3) is 0.278. The maximum Gasteiger partial charge on any atom is 0.123 e. The van der Waals surface area contributed by atoms with Crippen LogP contribution < -0.4 is 5.32 Å². The van der Waals surface area contributed by atoms with E-state index in [2.05, 4.69) is 25.2 Å². The molecule has 0 heterocycles. The molecule has 0 spiro atoms. The molecule has 0 saturated carbocycles. The van der Waals surface area contributed by atoms with Crippen molar-refractivity contribution in [3.63, 3.8) is 0 Å². The first kappa shape index (κ1) is 15.2. The van der Waals surface area contributed by atoms with E-state index in [4.69, 9.17) is 5.26 Å². The first-order valence-electron chi connectivity index (χ1n) is 6.97. The molecule has 108 valence electrons. The van der Waals surface area contributed by atoms with Gasteiger partial charge in [-0.15, -0.1) is 0 Å². The minimum absolute atomic E-state index is 0.0828. The van der Waals surface area contributed by atoms with Crippen molar-refractivity contribution in [1.82, 2.24) is 5.32 Å². The van der Waals surface area contributed by atoms with E-state index in [1.807, 2.05) is 30.3 Å². The molecule has 2 nitrogen and oxygen atoms in total. The van der Waals surface area contributed by atoms with Crippen LogP contribution in [0, 0.1) is 17.1 Å². The van der Waals surface area contributed by atoms with Crippen LogP contribution in [0.15, 0.2) is 48.5 Å². The van der Waals surface area contributed by atoms with Crippen LogP contribution in [0.1, 0.15) is 30.5 Å². The van der Waals surface area contributed by atoms with Crippen LogP contribution in [0.25, 0.3) is 0 Å². The van der Waals surface area contributed by atoms with Crippen LogP contribution in [-0.4, -0.2) is 6.54 Å². The lowest BCUT2D eigenvalue weighted by Gasteiger charge is -2.26. The lowest BCUT2D eigenvalue weighted by atomic mass is 9.84. The monoisotopic (exact) mass is 282 g/mol. The fourth-order valence-electron chi connectivity index (χ4n) is 2.27. The van der Waals surface area contributed by atoms with Gasteiger partial charge in [-0.2, -0.15) is 5.26 Å². The van der Waals surface area contributed by atoms with E-state index in [-0.39, 0.29) is 11.2 Å². The Bertz CT molecular complexity index is 639. The van der Waals surface area contributed by atoms with Gasteiger partial charge in [0.05, 0.1) is 11.6 Å². The number of rotatable bonds is 5. The van der Waals surface area contributed by atoms with Gasteiger partial charge in [-0.05, 0) is 35.4 Å². The summed E-state index contributed by atoms with van der Waals surface area (Å²) >= 11 is 0. The van der Waals surface area contributed by atoms with Gasteiger partial charge in [0, 0.05) is 18.5 Å². The third kappa shape index (κ3) is 4.14. The topological polar surface area (TPSA) is 35.8 Å². The third-order valence-electron chi connectivity index (χ3n) is 3.58. The molecule has 1 N–H and O–H groups in total. The second-order valence-electron chi connectivity index (χ2n) is 5.81. The maximum atomic E-state index is 13.0. The van der Waals surface area contributed by atoms with Crippen LogP contribution in [0.5, 0.6) is 0 Å². The zero-order valence-electron chi connectivity index (χ0n) is 12.4. The average molecular weight is 282 g/mol. The maximum absolute atomic E-state index is 13.0. The van der Waals surface area contributed by atoms with E-state index in [1.54, 1.807) is 6.07 Å². The normalized spacial score (nSPS) is 11.1. The Balaban J connectivity index is 1.95. The highest BCUT2D eigenvalue weighted by Crippen LogP contribution is 2.22. The molecule has 0 amide bonds. The quantitative estimate of drug-likeness (QED) is 0.906. The van der Waals surface area contributed by atoms with Crippen molar-refractivity contribution < 1.29 is 4.39 Å². The Kier molecular flexibility index (Phi) is 4.72. The molecule has 2 aromatic carbocycles. The Hall–Kier alpha value is -2.18. The van der Waals surface area contributed by atoms with Gasteiger partial charge < -0.3 is 5.32 Å². The molecular formula is C18H19FN2. The lowest BCUT2D eigenvalue weighted by molar-refractivity contribution is 0.468. The number of benzene rings is 2. The summed E-state index contributed by atoms with van der Waals surface area (Å²) in [5.41, 5.74) is 2.78. The zero-order chi connectivity index (χ0) is 15.3. The molecule has 0 aliphatic heterocycles. The number of hydrogen-bond donors (Lipinski definition) is 1. The number of nitriles is 1. The molecule has 0 atom stereocenters. The minimum Gasteiger partial charge on any atom is -0.312 e. The number of hydrogen-bond acceptors (Lipinski definition) is 2. The summed E-state index contributed by atoms with van der Waals surface area (Å²) in [6.45, 7) is 5.73. The molecule has 0 aliphatic carbocycles. The van der Waals surface area contributed by atoms with Crippen LogP contribution in [-0.2, 0) is 12.0 Å². The molecular weight excluding hydrogens is 263 g/mol. The molecule has 0 fully saturated rings. The first-order chi connectivity index (χ1) is 10.0. The largest absolute Gasteiger partial charge is 0.312 e. The van der Waals surface area contributed by atoms with Crippen molar-refractivity contribution in [2.75, 3.05) is 6.54 Å². The molecule has 0 aliphatic rings. The van der Waals surface area contributed by atoms with E-state index < -0.39 is 0 Å². The smallest absolute Gasteiger partial charge is 0.123 e. The third-order valence-corrected chi connectivity index (χ3v) is 3.58. The summed E-state index contributed by atoms with van der Waals surface area (Å²) in [5.74, 6) is -0.212. The second kappa shape index (κ2) is 6.51. The highest BCUT2D eigenvalue weighted by molar-refractivity contribution is 5.32. The van der Waals surface area contributed by atoms with E-state index in [0.717, 1.165) is 17.7 Å². The van der Waals surface area contributed by atoms with Crippen molar-refractivity contribution in [2.24, 2.45) is 0 Å². The summed E-state index contributed by atoms with van der Waals surface area (Å²) < 4.78 is 13.0. The van der Waals surface area contributed by atoms with Crippen molar-refractivity contribution >= 4 is 0 Å². The molecule has 0 aromatic heterocycles. The highest BCUT2D eigenvalue weighted by Gasteiger charge is 2.19. The lowest BCUT2D eigenvalue weighted by Crippen LogP contribution is -2.32. The van der Waals surface area contributed by atoms with Gasteiger partial charge in [0.2, 0.25) is 0 Å². The van der Waals surface area contributed by atoms with Gasteiger partial charge in [-0.1, -0.05) is 38.1 Å². The first-order valence-corrected chi connectivity index (χ1v) is 6.97. The minimum atomic E-state index is -0.212. The molecule has 2 aromatic rings. The predicted octanol–water partition coefficient (Wildman–Crippen LogP) is 3.76. The Morgan fingerprint density at radius 1 is 1.14 bits per heavy atom. The van der Waals surface area contributed by atoms with Gasteiger partial charge in [-0.3, -0.25) is 0 Å². The van der Waals surface area contributed by atoms with Gasteiger partial charge in [0.25, 0.3) is 0 Å². The van der Waals surface area contributed by atoms with Gasteiger partial charge in [-0.25, -0.2) is 4.39 Å². The van der Waals surface area contributed by atoms with Crippen molar-refractivity contribution in [2.45, 2.75) is 25.8 Å². The van der Waals surface area contributed by atoms with Crippen LogP contribution in [0.4, 0.5) is 4.39 Å². The SMILES string of the molecule is CC(C)(CNCc1cccc(C#N)c1)c1ccc(F)cc1. The molecule has 0 unspecified atom stereocenters. The molecule has 21 heavy (non-hydrogen) atoms. The summed E-state index contributed by atoms with van der Waals surface area (Å²) in [5, 5.41) is 12.3. The standard InChI is InChI=1S/C18H19FN2/c1-18(2,16-6-8-17(19)9-7-16)13-21-12-15-5-3-4-14(10-15)11-20/h3-10,21H,12-13H2,1-2H3. The van der Waals surface area contributed by atoms with E-state index in [9.17, 15) is 4.39 Å². The van der Waals surface area contributed by atoms with Gasteiger partial charge in [0.15, 0.2) is 0 Å². The Morgan fingerprint density at radius 3 is 2.52 bits per heavy atom. The highest BCUT2D eigenvalue weighted by atomic mass is 19.1. The van der Waals surface area contributed by atoms with E-state index in [1.165, 1.54) is 12.1 Å². The Morgan fingerprint density at radius 2 is 1.86 bits per heavy atom. The Labute approximate surface area is 125 Å². The van der Waals surface area contributed by atoms with Gasteiger partial charge >= 0.3 is 0 Å². The van der Waals surface area contributed by atoms with Gasteiger partial charge in [0.1, 0.15) is 5.82 Å². The van der Waals surface area contributed by atoms with Crippen molar-refractivity contribution in [3.8, 4) is 6.07 Å². The summed E-state index contributed by atoms with van der Waals surface area (Å²) in [4.78, 5) is 0. The average Bonchev–Trinajstić information content (AvgIpc) is 2.48. The van der Waals surface area contributed by atoms with Crippen molar-refractivity contribution in [3.05, 3.63) is 71.0 Å². The number of nitrogens with one attached hydrogen (secondary N) is 1. The fourth-order valence-corrected chi connectivity index (χ4v) is 2.27. The number of nitrogens with zero attached hydrogens (tertiary/aromatic N) is 1.